The van der Waals surface area contributed by atoms with Gasteiger partial charge in [-0.2, -0.15) is 0 Å². The molecule has 0 spiro atoms. The van der Waals surface area contributed by atoms with Crippen LogP contribution in [-0.2, 0) is 16.1 Å². The third-order valence-electron chi connectivity index (χ3n) is 5.08. The Labute approximate surface area is 180 Å². The number of benzene rings is 3. The van der Waals surface area contributed by atoms with Gasteiger partial charge in [0.2, 0.25) is 0 Å². The standard InChI is InChI=1S/C25H24N2O4/c1-2-30-16-15-27-14-13-20-21(25(27)29)10-6-12-23(20)31-17-24(28)26-22-11-5-8-18-7-3-4-9-19(18)22/h3-14H,2,15-17H2,1H3,(H,26,28). The molecular formula is C25H24N2O4. The zero-order valence-corrected chi connectivity index (χ0v) is 17.3. The topological polar surface area (TPSA) is 69.6 Å². The maximum Gasteiger partial charge on any atom is 0.262 e. The lowest BCUT2D eigenvalue weighted by atomic mass is 10.1. The first-order valence-corrected chi connectivity index (χ1v) is 10.3. The van der Waals surface area contributed by atoms with Crippen LogP contribution in [0.5, 0.6) is 5.75 Å². The number of nitrogens with zero attached hydrogens (tertiary/aromatic N) is 1. The van der Waals surface area contributed by atoms with Gasteiger partial charge in [0.15, 0.2) is 6.61 Å². The summed E-state index contributed by atoms with van der Waals surface area (Å²) in [6, 6.07) is 20.7. The molecule has 6 heteroatoms. The van der Waals surface area contributed by atoms with Gasteiger partial charge in [-0.15, -0.1) is 0 Å². The summed E-state index contributed by atoms with van der Waals surface area (Å²) in [5.41, 5.74) is 0.629. The van der Waals surface area contributed by atoms with E-state index in [1.807, 2.05) is 55.5 Å². The molecule has 1 amide bonds. The van der Waals surface area contributed by atoms with Gasteiger partial charge >= 0.3 is 0 Å². The first-order chi connectivity index (χ1) is 15.2. The van der Waals surface area contributed by atoms with Crippen molar-refractivity contribution < 1.29 is 14.3 Å². The van der Waals surface area contributed by atoms with Crippen LogP contribution in [0.25, 0.3) is 21.5 Å². The summed E-state index contributed by atoms with van der Waals surface area (Å²) in [5.74, 6) is 0.234. The molecule has 0 fully saturated rings. The first kappa shape index (κ1) is 20.6. The van der Waals surface area contributed by atoms with E-state index in [9.17, 15) is 9.59 Å². The smallest absolute Gasteiger partial charge is 0.262 e. The third kappa shape index (κ3) is 4.59. The van der Waals surface area contributed by atoms with Crippen molar-refractivity contribution >= 4 is 33.1 Å². The van der Waals surface area contributed by atoms with E-state index in [1.54, 1.807) is 29.0 Å². The summed E-state index contributed by atoms with van der Waals surface area (Å²) in [5, 5.41) is 6.16. The van der Waals surface area contributed by atoms with E-state index < -0.39 is 0 Å². The third-order valence-corrected chi connectivity index (χ3v) is 5.08. The molecule has 3 aromatic carbocycles. The number of carbonyl (C=O) groups is 1. The predicted molar refractivity (Wildman–Crippen MR) is 123 cm³/mol. The molecule has 1 aromatic heterocycles. The quantitative estimate of drug-likeness (QED) is 0.437. The van der Waals surface area contributed by atoms with Crippen LogP contribution in [0.3, 0.4) is 0 Å². The highest BCUT2D eigenvalue weighted by atomic mass is 16.5. The average molecular weight is 416 g/mol. The van der Waals surface area contributed by atoms with Crippen molar-refractivity contribution in [1.82, 2.24) is 4.57 Å². The number of amides is 1. The van der Waals surface area contributed by atoms with E-state index in [1.165, 1.54) is 0 Å². The van der Waals surface area contributed by atoms with Crippen LogP contribution in [0.1, 0.15) is 6.92 Å². The van der Waals surface area contributed by atoms with Crippen molar-refractivity contribution in [3.8, 4) is 5.75 Å². The number of anilines is 1. The molecule has 1 heterocycles. The van der Waals surface area contributed by atoms with Crippen molar-refractivity contribution in [2.24, 2.45) is 0 Å². The average Bonchev–Trinajstić information content (AvgIpc) is 2.80. The Morgan fingerprint density at radius 1 is 0.935 bits per heavy atom. The fraction of sp³-hybridized carbons (Fsp3) is 0.200. The van der Waals surface area contributed by atoms with Crippen molar-refractivity contribution in [3.63, 3.8) is 0 Å². The molecule has 31 heavy (non-hydrogen) atoms. The summed E-state index contributed by atoms with van der Waals surface area (Å²) < 4.78 is 12.7. The van der Waals surface area contributed by atoms with Crippen molar-refractivity contribution in [2.75, 3.05) is 25.1 Å². The van der Waals surface area contributed by atoms with Crippen LogP contribution in [-0.4, -0.2) is 30.3 Å². The lowest BCUT2D eigenvalue weighted by molar-refractivity contribution is -0.118. The van der Waals surface area contributed by atoms with Gasteiger partial charge in [-0.05, 0) is 36.6 Å². The summed E-state index contributed by atoms with van der Waals surface area (Å²) in [7, 11) is 0. The highest BCUT2D eigenvalue weighted by Gasteiger charge is 2.10. The largest absolute Gasteiger partial charge is 0.483 e. The Morgan fingerprint density at radius 2 is 1.71 bits per heavy atom. The number of rotatable bonds is 8. The molecule has 6 nitrogen and oxygen atoms in total. The number of ether oxygens (including phenoxy) is 2. The van der Waals surface area contributed by atoms with Gasteiger partial charge in [0.05, 0.1) is 12.0 Å². The van der Waals surface area contributed by atoms with Gasteiger partial charge in [-0.1, -0.05) is 42.5 Å². The Hall–Kier alpha value is -3.64. The number of nitrogens with one attached hydrogen (secondary N) is 1. The van der Waals surface area contributed by atoms with Crippen molar-refractivity contribution in [1.29, 1.82) is 0 Å². The van der Waals surface area contributed by atoms with Gasteiger partial charge in [-0.3, -0.25) is 9.59 Å². The molecule has 4 aromatic rings. The van der Waals surface area contributed by atoms with Gasteiger partial charge in [0.25, 0.3) is 11.5 Å². The molecule has 1 N–H and O–H groups in total. The number of hydrogen-bond donors (Lipinski definition) is 1. The van der Waals surface area contributed by atoms with Crippen LogP contribution in [0.15, 0.2) is 77.7 Å². The van der Waals surface area contributed by atoms with Crippen molar-refractivity contribution in [2.45, 2.75) is 13.5 Å². The van der Waals surface area contributed by atoms with Crippen LogP contribution >= 0.6 is 0 Å². The van der Waals surface area contributed by atoms with E-state index in [0.717, 1.165) is 16.5 Å². The first-order valence-electron chi connectivity index (χ1n) is 10.3. The van der Waals surface area contributed by atoms with E-state index in [-0.39, 0.29) is 18.1 Å². The zero-order chi connectivity index (χ0) is 21.6. The zero-order valence-electron chi connectivity index (χ0n) is 17.3. The SMILES string of the molecule is CCOCCn1ccc2c(OCC(=O)Nc3cccc4ccccc34)cccc2c1=O. The number of aromatic nitrogens is 1. The van der Waals surface area contributed by atoms with E-state index in [4.69, 9.17) is 9.47 Å². The predicted octanol–water partition coefficient (Wildman–Crippen LogP) is 4.21. The second-order valence-electron chi connectivity index (χ2n) is 7.09. The van der Waals surface area contributed by atoms with E-state index in [0.29, 0.717) is 36.3 Å². The minimum absolute atomic E-state index is 0.108. The molecule has 4 rings (SSSR count). The molecule has 0 aliphatic rings. The molecule has 0 bridgehead atoms. The summed E-state index contributed by atoms with van der Waals surface area (Å²) in [4.78, 5) is 25.3. The van der Waals surface area contributed by atoms with Crippen LogP contribution in [0.4, 0.5) is 5.69 Å². The van der Waals surface area contributed by atoms with Gasteiger partial charge in [-0.25, -0.2) is 0 Å². The monoisotopic (exact) mass is 416 g/mol. The van der Waals surface area contributed by atoms with Gasteiger partial charge in [0.1, 0.15) is 5.75 Å². The van der Waals surface area contributed by atoms with Crippen molar-refractivity contribution in [3.05, 3.63) is 83.3 Å². The molecule has 0 aliphatic carbocycles. The molecule has 0 aliphatic heterocycles. The fourth-order valence-electron chi connectivity index (χ4n) is 3.56. The summed E-state index contributed by atoms with van der Waals surface area (Å²) in [6.45, 7) is 3.34. The highest BCUT2D eigenvalue weighted by Crippen LogP contribution is 2.24. The lowest BCUT2D eigenvalue weighted by Gasteiger charge is -2.12. The second kappa shape index (κ2) is 9.45. The number of hydrogen-bond acceptors (Lipinski definition) is 4. The van der Waals surface area contributed by atoms with Gasteiger partial charge in [0, 0.05) is 35.8 Å². The Morgan fingerprint density at radius 3 is 2.58 bits per heavy atom. The molecule has 0 radical (unpaired) electrons. The molecule has 0 saturated carbocycles. The van der Waals surface area contributed by atoms with Crippen LogP contribution in [0, 0.1) is 0 Å². The van der Waals surface area contributed by atoms with Crippen LogP contribution < -0.4 is 15.6 Å². The minimum Gasteiger partial charge on any atom is -0.483 e. The Bertz CT molecular complexity index is 1270. The molecule has 158 valence electrons. The number of pyridine rings is 1. The lowest BCUT2D eigenvalue weighted by Crippen LogP contribution is -2.22. The second-order valence-corrected chi connectivity index (χ2v) is 7.09. The number of fused-ring (bicyclic) bond motifs is 2. The maximum atomic E-state index is 12.8. The van der Waals surface area contributed by atoms with Crippen LogP contribution in [0.2, 0.25) is 0 Å². The van der Waals surface area contributed by atoms with Gasteiger partial charge < -0.3 is 19.4 Å². The highest BCUT2D eigenvalue weighted by molar-refractivity contribution is 6.02. The molecule has 0 saturated heterocycles. The Balaban J connectivity index is 1.49. The molecule has 0 atom stereocenters. The Kier molecular flexibility index (Phi) is 6.29. The van der Waals surface area contributed by atoms with E-state index >= 15 is 0 Å². The normalized spacial score (nSPS) is 11.0. The fourth-order valence-corrected chi connectivity index (χ4v) is 3.56. The summed E-state index contributed by atoms with van der Waals surface area (Å²) in [6.07, 6.45) is 1.73. The molecular weight excluding hydrogens is 392 g/mol. The maximum absolute atomic E-state index is 12.8. The number of carbonyl (C=O) groups excluding carboxylic acids is 1. The molecule has 0 unspecified atom stereocenters. The summed E-state index contributed by atoms with van der Waals surface area (Å²) >= 11 is 0. The minimum atomic E-state index is -0.265. The van der Waals surface area contributed by atoms with E-state index in [2.05, 4.69) is 5.32 Å².